The lowest BCUT2D eigenvalue weighted by Crippen LogP contribution is -2.51. The number of nitrogens with zero attached hydrogens (tertiary/aromatic N) is 3. The highest BCUT2D eigenvalue weighted by atomic mass is 16.6. The molecule has 9 nitrogen and oxygen atoms in total. The van der Waals surface area contributed by atoms with Crippen molar-refractivity contribution >= 4 is 17.9 Å². The predicted octanol–water partition coefficient (Wildman–Crippen LogP) is 1.90. The van der Waals surface area contributed by atoms with Gasteiger partial charge in [0, 0.05) is 52.3 Å². The maximum Gasteiger partial charge on any atom is 0.409 e. The molecular weight excluding hydrogens is 390 g/mol. The van der Waals surface area contributed by atoms with Crippen LogP contribution in [0.2, 0.25) is 0 Å². The summed E-state index contributed by atoms with van der Waals surface area (Å²) in [7, 11) is 0. The summed E-state index contributed by atoms with van der Waals surface area (Å²) in [5.41, 5.74) is 0.517. The summed E-state index contributed by atoms with van der Waals surface area (Å²) in [5.74, 6) is 0.406. The number of furan rings is 1. The lowest BCUT2D eigenvalue weighted by atomic mass is 10.1. The molecule has 0 N–H and O–H groups in total. The second-order valence-electron chi connectivity index (χ2n) is 7.59. The molecule has 2 aliphatic heterocycles. The van der Waals surface area contributed by atoms with Crippen molar-refractivity contribution in [1.82, 2.24) is 14.7 Å². The first kappa shape index (κ1) is 22.1. The van der Waals surface area contributed by atoms with Crippen molar-refractivity contribution in [3.05, 3.63) is 23.7 Å². The molecule has 0 spiro atoms. The zero-order valence-electron chi connectivity index (χ0n) is 17.8. The first-order valence-corrected chi connectivity index (χ1v) is 10.6. The van der Waals surface area contributed by atoms with Crippen LogP contribution in [-0.2, 0) is 14.3 Å². The van der Waals surface area contributed by atoms with Gasteiger partial charge in [0.1, 0.15) is 5.76 Å². The number of carbonyl (C=O) groups excluding carboxylic acids is 3. The number of rotatable bonds is 7. The van der Waals surface area contributed by atoms with E-state index >= 15 is 0 Å². The number of amides is 3. The summed E-state index contributed by atoms with van der Waals surface area (Å²) < 4.78 is 16.0. The second-order valence-corrected chi connectivity index (χ2v) is 7.59. The molecule has 0 unspecified atom stereocenters. The highest BCUT2D eigenvalue weighted by Gasteiger charge is 2.28. The van der Waals surface area contributed by atoms with E-state index in [1.807, 2.05) is 0 Å². The fourth-order valence-electron chi connectivity index (χ4n) is 3.83. The highest BCUT2D eigenvalue weighted by Crippen LogP contribution is 2.18. The van der Waals surface area contributed by atoms with E-state index in [0.29, 0.717) is 63.8 Å². The number of aryl methyl sites for hydroxylation is 1. The molecule has 0 radical (unpaired) electrons. The van der Waals surface area contributed by atoms with Crippen molar-refractivity contribution in [3.8, 4) is 0 Å². The molecular formula is C21H31N3O6. The Hall–Kier alpha value is -2.55. The van der Waals surface area contributed by atoms with E-state index < -0.39 is 0 Å². The minimum Gasteiger partial charge on any atom is -0.469 e. The van der Waals surface area contributed by atoms with Crippen LogP contribution in [0.5, 0.6) is 0 Å². The summed E-state index contributed by atoms with van der Waals surface area (Å²) in [6, 6.07) is 1.66. The van der Waals surface area contributed by atoms with E-state index in [1.54, 1.807) is 34.6 Å². The fourth-order valence-corrected chi connectivity index (χ4v) is 3.83. The van der Waals surface area contributed by atoms with Crippen LogP contribution in [0.1, 0.15) is 42.3 Å². The molecule has 3 amide bonds. The lowest BCUT2D eigenvalue weighted by molar-refractivity contribution is -0.133. The number of carbonyl (C=O) groups is 3. The monoisotopic (exact) mass is 421 g/mol. The minimum atomic E-state index is -0.339. The van der Waals surface area contributed by atoms with Gasteiger partial charge >= 0.3 is 6.09 Å². The van der Waals surface area contributed by atoms with Crippen molar-refractivity contribution in [2.75, 3.05) is 52.5 Å². The van der Waals surface area contributed by atoms with Crippen molar-refractivity contribution in [2.24, 2.45) is 0 Å². The van der Waals surface area contributed by atoms with Crippen molar-refractivity contribution in [2.45, 2.75) is 39.2 Å². The molecule has 0 aliphatic carbocycles. The lowest BCUT2D eigenvalue weighted by Gasteiger charge is -2.34. The topological polar surface area (TPSA) is 92.5 Å². The largest absolute Gasteiger partial charge is 0.469 e. The highest BCUT2D eigenvalue weighted by molar-refractivity contribution is 5.95. The Morgan fingerprint density at radius 2 is 1.93 bits per heavy atom. The molecule has 0 bridgehead atoms. The van der Waals surface area contributed by atoms with Gasteiger partial charge in [-0.25, -0.2) is 4.79 Å². The fraction of sp³-hybridized carbons (Fsp3) is 0.667. The summed E-state index contributed by atoms with van der Waals surface area (Å²) in [6.45, 7) is 7.21. The Balaban J connectivity index is 1.54. The summed E-state index contributed by atoms with van der Waals surface area (Å²) in [6.07, 6.45) is 3.30. The Kier molecular flexibility index (Phi) is 7.73. The quantitative estimate of drug-likeness (QED) is 0.668. The maximum absolute atomic E-state index is 13.0. The number of piperazine rings is 1. The zero-order valence-corrected chi connectivity index (χ0v) is 17.8. The van der Waals surface area contributed by atoms with E-state index in [1.165, 1.54) is 6.26 Å². The van der Waals surface area contributed by atoms with Gasteiger partial charge in [-0.05, 0) is 32.8 Å². The van der Waals surface area contributed by atoms with Crippen LogP contribution in [0.25, 0.3) is 0 Å². The third kappa shape index (κ3) is 5.53. The Morgan fingerprint density at radius 3 is 2.53 bits per heavy atom. The molecule has 0 saturated carbocycles. The van der Waals surface area contributed by atoms with Crippen LogP contribution in [0.4, 0.5) is 4.79 Å². The SMILES string of the molecule is CCOC(=O)N1CCN(C(=O)CCN(C[C@H]2CCCO2)C(=O)c2ccoc2C)CC1. The third-order valence-electron chi connectivity index (χ3n) is 5.58. The van der Waals surface area contributed by atoms with Crippen molar-refractivity contribution in [3.63, 3.8) is 0 Å². The molecule has 3 heterocycles. The maximum atomic E-state index is 13.0. The Morgan fingerprint density at radius 1 is 1.20 bits per heavy atom. The van der Waals surface area contributed by atoms with Gasteiger partial charge in [0.2, 0.25) is 5.91 Å². The molecule has 0 aromatic carbocycles. The molecule has 2 aliphatic rings. The molecule has 1 aromatic rings. The van der Waals surface area contributed by atoms with Gasteiger partial charge in [-0.2, -0.15) is 0 Å². The van der Waals surface area contributed by atoms with Gasteiger partial charge in [0.15, 0.2) is 0 Å². The minimum absolute atomic E-state index is 0.00406. The van der Waals surface area contributed by atoms with Gasteiger partial charge in [0.05, 0.1) is 24.5 Å². The van der Waals surface area contributed by atoms with E-state index in [-0.39, 0.29) is 30.4 Å². The molecule has 2 fully saturated rings. The first-order chi connectivity index (χ1) is 14.5. The number of ether oxygens (including phenoxy) is 2. The van der Waals surface area contributed by atoms with Gasteiger partial charge < -0.3 is 28.6 Å². The van der Waals surface area contributed by atoms with Crippen LogP contribution in [-0.4, -0.2) is 91.2 Å². The van der Waals surface area contributed by atoms with Crippen LogP contribution in [0, 0.1) is 6.92 Å². The standard InChI is InChI=1S/C21H31N3O6/c1-3-28-21(27)23-11-9-22(10-12-23)19(25)6-8-24(15-17-5-4-13-30-17)20(26)18-7-14-29-16(18)2/h7,14,17H,3-6,8-13,15H2,1-2H3/t17-/m1/s1. The van der Waals surface area contributed by atoms with Crippen LogP contribution in [0.3, 0.4) is 0 Å². The normalized spacial score (nSPS) is 19.1. The van der Waals surface area contributed by atoms with Gasteiger partial charge in [-0.3, -0.25) is 9.59 Å². The first-order valence-electron chi connectivity index (χ1n) is 10.6. The van der Waals surface area contributed by atoms with E-state index in [4.69, 9.17) is 13.9 Å². The van der Waals surface area contributed by atoms with Gasteiger partial charge in [-0.1, -0.05) is 0 Å². The summed E-state index contributed by atoms with van der Waals surface area (Å²) in [5, 5.41) is 0. The predicted molar refractivity (Wildman–Crippen MR) is 108 cm³/mol. The Bertz CT molecular complexity index is 735. The van der Waals surface area contributed by atoms with Crippen LogP contribution < -0.4 is 0 Å². The average molecular weight is 421 g/mol. The zero-order chi connectivity index (χ0) is 21.5. The molecule has 166 valence electrons. The average Bonchev–Trinajstić information content (AvgIpc) is 3.42. The van der Waals surface area contributed by atoms with Crippen molar-refractivity contribution < 1.29 is 28.3 Å². The third-order valence-corrected chi connectivity index (χ3v) is 5.58. The van der Waals surface area contributed by atoms with E-state index in [0.717, 1.165) is 12.8 Å². The molecule has 9 heteroatoms. The Labute approximate surface area is 176 Å². The molecule has 30 heavy (non-hydrogen) atoms. The van der Waals surface area contributed by atoms with Crippen LogP contribution >= 0.6 is 0 Å². The van der Waals surface area contributed by atoms with E-state index in [9.17, 15) is 14.4 Å². The molecule has 3 rings (SSSR count). The summed E-state index contributed by atoms with van der Waals surface area (Å²) >= 11 is 0. The van der Waals surface area contributed by atoms with Crippen LogP contribution in [0.15, 0.2) is 16.7 Å². The molecule has 2 saturated heterocycles. The van der Waals surface area contributed by atoms with Gasteiger partial charge in [-0.15, -0.1) is 0 Å². The second kappa shape index (κ2) is 10.5. The smallest absolute Gasteiger partial charge is 0.409 e. The summed E-state index contributed by atoms with van der Waals surface area (Å²) in [4.78, 5) is 42.6. The number of hydrogen-bond acceptors (Lipinski definition) is 6. The van der Waals surface area contributed by atoms with E-state index in [2.05, 4.69) is 0 Å². The molecule has 1 atom stereocenters. The van der Waals surface area contributed by atoms with Crippen molar-refractivity contribution in [1.29, 1.82) is 0 Å². The number of hydrogen-bond donors (Lipinski definition) is 0. The van der Waals surface area contributed by atoms with Gasteiger partial charge in [0.25, 0.3) is 5.91 Å². The molecule has 1 aromatic heterocycles.